The Morgan fingerprint density at radius 1 is 1.17 bits per heavy atom. The van der Waals surface area contributed by atoms with Gasteiger partial charge in [0.1, 0.15) is 0 Å². The number of rotatable bonds is 6. The summed E-state index contributed by atoms with van der Waals surface area (Å²) in [7, 11) is -3.29. The first kappa shape index (κ1) is 20.7. The Balaban J connectivity index is 0.00000288. The van der Waals surface area contributed by atoms with Crippen LogP contribution in [0.4, 0.5) is 11.4 Å². The predicted molar refractivity (Wildman–Crippen MR) is 100.0 cm³/mol. The minimum Gasteiger partial charge on any atom is -0.327 e. The number of hydrogen-bond acceptors (Lipinski definition) is 4. The third kappa shape index (κ3) is 6.30. The maximum absolute atomic E-state index is 12.1. The molecule has 0 heterocycles. The molecule has 1 aromatic carbocycles. The van der Waals surface area contributed by atoms with Crippen LogP contribution in [0.25, 0.3) is 0 Å². The number of amides is 1. The van der Waals surface area contributed by atoms with Gasteiger partial charge in [-0.3, -0.25) is 9.52 Å². The smallest absolute Gasteiger partial charge is 0.232 e. The number of nitrogens with one attached hydrogen (secondary N) is 2. The SMILES string of the molecule is CCS(=O)(=O)Nc1ccc(NC(=O)CC2CCCCC2N)cc1.Cl. The number of benzene rings is 1. The van der Waals surface area contributed by atoms with E-state index in [1.54, 1.807) is 31.2 Å². The Bertz CT molecular complexity index is 634. The second-order valence-electron chi connectivity index (χ2n) is 6.04. The Morgan fingerprint density at radius 3 is 2.33 bits per heavy atom. The molecular weight excluding hydrogens is 350 g/mol. The van der Waals surface area contributed by atoms with Crippen LogP contribution in [0.3, 0.4) is 0 Å². The second kappa shape index (κ2) is 9.25. The molecule has 0 radical (unpaired) electrons. The van der Waals surface area contributed by atoms with Crippen LogP contribution >= 0.6 is 12.4 Å². The van der Waals surface area contributed by atoms with Crippen LogP contribution in [0.5, 0.6) is 0 Å². The highest BCUT2D eigenvalue weighted by atomic mass is 35.5. The van der Waals surface area contributed by atoms with Crippen molar-refractivity contribution in [3.8, 4) is 0 Å². The number of carbonyl (C=O) groups excluding carboxylic acids is 1. The average molecular weight is 376 g/mol. The molecule has 4 N–H and O–H groups in total. The molecular formula is C16H26ClN3O3S. The molecule has 1 amide bonds. The molecule has 2 unspecified atom stereocenters. The monoisotopic (exact) mass is 375 g/mol. The highest BCUT2D eigenvalue weighted by Crippen LogP contribution is 2.26. The van der Waals surface area contributed by atoms with Crippen molar-refractivity contribution in [3.05, 3.63) is 24.3 Å². The van der Waals surface area contributed by atoms with Crippen molar-refractivity contribution in [2.24, 2.45) is 11.7 Å². The van der Waals surface area contributed by atoms with Crippen molar-refractivity contribution >= 4 is 39.7 Å². The first-order valence-electron chi connectivity index (χ1n) is 8.05. The van der Waals surface area contributed by atoms with Gasteiger partial charge in [0.2, 0.25) is 15.9 Å². The number of carbonyl (C=O) groups is 1. The van der Waals surface area contributed by atoms with Gasteiger partial charge in [-0.25, -0.2) is 8.42 Å². The van der Waals surface area contributed by atoms with Crippen molar-refractivity contribution in [2.75, 3.05) is 15.8 Å². The summed E-state index contributed by atoms with van der Waals surface area (Å²) in [5.41, 5.74) is 7.20. The third-order valence-corrected chi connectivity index (χ3v) is 5.54. The highest BCUT2D eigenvalue weighted by molar-refractivity contribution is 7.92. The summed E-state index contributed by atoms with van der Waals surface area (Å²) in [6, 6.07) is 6.75. The Morgan fingerprint density at radius 2 is 1.75 bits per heavy atom. The van der Waals surface area contributed by atoms with Crippen LogP contribution in [-0.2, 0) is 14.8 Å². The molecule has 2 rings (SSSR count). The zero-order valence-electron chi connectivity index (χ0n) is 13.8. The van der Waals surface area contributed by atoms with E-state index in [4.69, 9.17) is 5.73 Å². The van der Waals surface area contributed by atoms with Gasteiger partial charge in [-0.15, -0.1) is 12.4 Å². The summed E-state index contributed by atoms with van der Waals surface area (Å²) in [4.78, 5) is 12.1. The van der Waals surface area contributed by atoms with E-state index < -0.39 is 10.0 Å². The highest BCUT2D eigenvalue weighted by Gasteiger charge is 2.24. The van der Waals surface area contributed by atoms with E-state index >= 15 is 0 Å². The van der Waals surface area contributed by atoms with E-state index in [0.717, 1.165) is 25.7 Å². The minimum absolute atomic E-state index is 0. The molecule has 0 aromatic heterocycles. The second-order valence-corrected chi connectivity index (χ2v) is 8.05. The number of hydrogen-bond donors (Lipinski definition) is 3. The molecule has 1 fully saturated rings. The van der Waals surface area contributed by atoms with Crippen molar-refractivity contribution in [1.29, 1.82) is 0 Å². The summed E-state index contributed by atoms with van der Waals surface area (Å²) in [5.74, 6) is 0.223. The van der Waals surface area contributed by atoms with Crippen LogP contribution in [-0.4, -0.2) is 26.1 Å². The van der Waals surface area contributed by atoms with Crippen LogP contribution in [0.2, 0.25) is 0 Å². The summed E-state index contributed by atoms with van der Waals surface area (Å²) in [6.07, 6.45) is 4.72. The fourth-order valence-electron chi connectivity index (χ4n) is 2.81. The van der Waals surface area contributed by atoms with Gasteiger partial charge in [-0.05, 0) is 49.9 Å². The van der Waals surface area contributed by atoms with Crippen molar-refractivity contribution in [3.63, 3.8) is 0 Å². The summed E-state index contributed by atoms with van der Waals surface area (Å²) in [6.45, 7) is 1.58. The Kier molecular flexibility index (Phi) is 7.99. The first-order valence-corrected chi connectivity index (χ1v) is 9.71. The van der Waals surface area contributed by atoms with E-state index in [9.17, 15) is 13.2 Å². The molecule has 24 heavy (non-hydrogen) atoms. The summed E-state index contributed by atoms with van der Waals surface area (Å²) >= 11 is 0. The number of anilines is 2. The maximum Gasteiger partial charge on any atom is 0.232 e. The van der Waals surface area contributed by atoms with Gasteiger partial charge in [0.25, 0.3) is 0 Å². The van der Waals surface area contributed by atoms with Gasteiger partial charge in [0.05, 0.1) is 5.75 Å². The molecule has 8 heteroatoms. The minimum atomic E-state index is -3.29. The van der Waals surface area contributed by atoms with Gasteiger partial charge in [-0.1, -0.05) is 12.8 Å². The zero-order valence-corrected chi connectivity index (χ0v) is 15.5. The lowest BCUT2D eigenvalue weighted by molar-refractivity contribution is -0.117. The number of sulfonamides is 1. The Labute approximate surface area is 150 Å². The van der Waals surface area contributed by atoms with Crippen molar-refractivity contribution in [2.45, 2.75) is 45.1 Å². The molecule has 0 bridgehead atoms. The normalized spacial score (nSPS) is 20.8. The van der Waals surface area contributed by atoms with Crippen LogP contribution in [0, 0.1) is 5.92 Å². The van der Waals surface area contributed by atoms with Gasteiger partial charge in [0, 0.05) is 23.8 Å². The average Bonchev–Trinajstić information content (AvgIpc) is 2.51. The van der Waals surface area contributed by atoms with E-state index in [1.165, 1.54) is 0 Å². The molecule has 6 nitrogen and oxygen atoms in total. The summed E-state index contributed by atoms with van der Waals surface area (Å²) in [5, 5.41) is 2.84. The molecule has 1 aromatic rings. The lowest BCUT2D eigenvalue weighted by Crippen LogP contribution is -2.35. The first-order chi connectivity index (χ1) is 10.9. The Hall–Kier alpha value is -1.31. The lowest BCUT2D eigenvalue weighted by atomic mass is 9.83. The van der Waals surface area contributed by atoms with Crippen LogP contribution in [0.15, 0.2) is 24.3 Å². The number of halogens is 1. The summed E-state index contributed by atoms with van der Waals surface area (Å²) < 4.78 is 25.4. The molecule has 1 saturated carbocycles. The fourth-order valence-corrected chi connectivity index (χ4v) is 3.45. The molecule has 136 valence electrons. The topological polar surface area (TPSA) is 101 Å². The van der Waals surface area contributed by atoms with E-state index in [0.29, 0.717) is 17.8 Å². The molecule has 0 saturated heterocycles. The van der Waals surface area contributed by atoms with Crippen molar-refractivity contribution < 1.29 is 13.2 Å². The predicted octanol–water partition coefficient (Wildman–Crippen LogP) is 2.72. The van der Waals surface area contributed by atoms with E-state index in [-0.39, 0.29) is 36.0 Å². The van der Waals surface area contributed by atoms with Gasteiger partial charge in [-0.2, -0.15) is 0 Å². The maximum atomic E-state index is 12.1. The molecule has 1 aliphatic carbocycles. The molecule has 0 aliphatic heterocycles. The van der Waals surface area contributed by atoms with E-state index in [1.807, 2.05) is 0 Å². The van der Waals surface area contributed by atoms with Crippen LogP contribution in [0.1, 0.15) is 39.0 Å². The van der Waals surface area contributed by atoms with Crippen molar-refractivity contribution in [1.82, 2.24) is 0 Å². The number of nitrogens with two attached hydrogens (primary N) is 1. The largest absolute Gasteiger partial charge is 0.327 e. The standard InChI is InChI=1S/C16H25N3O3S.ClH/c1-2-23(21,22)19-14-9-7-13(8-10-14)18-16(20)11-12-5-3-4-6-15(12)17;/h7-10,12,15,19H,2-6,11,17H2,1H3,(H,18,20);1H. The van der Waals surface area contributed by atoms with Crippen LogP contribution < -0.4 is 15.8 Å². The van der Waals surface area contributed by atoms with E-state index in [2.05, 4.69) is 10.0 Å². The van der Waals surface area contributed by atoms with Gasteiger partial charge in [0.15, 0.2) is 0 Å². The van der Waals surface area contributed by atoms with Gasteiger partial charge >= 0.3 is 0 Å². The third-order valence-electron chi connectivity index (χ3n) is 4.24. The molecule has 1 aliphatic rings. The van der Waals surface area contributed by atoms with Gasteiger partial charge < -0.3 is 11.1 Å². The zero-order chi connectivity index (χ0) is 16.9. The quantitative estimate of drug-likeness (QED) is 0.711. The molecule has 2 atom stereocenters. The molecule has 0 spiro atoms. The lowest BCUT2D eigenvalue weighted by Gasteiger charge is -2.27. The fraction of sp³-hybridized carbons (Fsp3) is 0.562.